The minimum atomic E-state index is -4.63. The summed E-state index contributed by atoms with van der Waals surface area (Å²) in [5.41, 5.74) is 0. The lowest BCUT2D eigenvalue weighted by Crippen LogP contribution is -2.29. The zero-order valence-electron chi connectivity index (χ0n) is 30.4. The first-order chi connectivity index (χ1) is 23.5. The predicted octanol–water partition coefficient (Wildman–Crippen LogP) is 7.66. The quantitative estimate of drug-likeness (QED) is 0.0173. The lowest BCUT2D eigenvalue weighted by molar-refractivity contribution is -0.161. The molecule has 0 saturated heterocycles. The van der Waals surface area contributed by atoms with Crippen molar-refractivity contribution in [3.8, 4) is 0 Å². The van der Waals surface area contributed by atoms with Crippen LogP contribution in [-0.4, -0.2) is 76.9 Å². The van der Waals surface area contributed by atoms with Crippen LogP contribution in [0.4, 0.5) is 0 Å². The van der Waals surface area contributed by atoms with Crippen molar-refractivity contribution in [1.29, 1.82) is 0 Å². The molecule has 0 fully saturated rings. The molecule has 0 spiro atoms. The number of rotatable bonds is 33. The highest BCUT2D eigenvalue weighted by Crippen LogP contribution is 2.43. The lowest BCUT2D eigenvalue weighted by Gasteiger charge is -2.20. The van der Waals surface area contributed by atoms with Crippen molar-refractivity contribution in [2.24, 2.45) is 5.92 Å². The second-order valence-corrected chi connectivity index (χ2v) is 14.1. The number of aliphatic hydroxyl groups is 3. The third-order valence-electron chi connectivity index (χ3n) is 7.95. The van der Waals surface area contributed by atoms with Crippen molar-refractivity contribution < 1.29 is 52.9 Å². The normalized spacial score (nSPS) is 15.8. The molecule has 0 aromatic carbocycles. The molecule has 4 N–H and O–H groups in total. The van der Waals surface area contributed by atoms with E-state index in [1.165, 1.54) is 25.7 Å². The Hall–Kier alpha value is -1.85. The third kappa shape index (κ3) is 31.8. The molecular formula is C37H67O11P. The van der Waals surface area contributed by atoms with E-state index in [0.29, 0.717) is 19.3 Å². The maximum absolute atomic E-state index is 12.5. The number of aliphatic hydroxyl groups excluding tert-OH is 3. The number of ether oxygens (including phenoxy) is 2. The van der Waals surface area contributed by atoms with Gasteiger partial charge in [0.05, 0.1) is 25.9 Å². The number of carbonyl (C=O) groups excluding carboxylic acids is 2. The first kappa shape index (κ1) is 47.1. The Morgan fingerprint density at radius 3 is 1.96 bits per heavy atom. The Bertz CT molecular complexity index is 953. The molecule has 0 saturated carbocycles. The van der Waals surface area contributed by atoms with E-state index in [0.717, 1.165) is 63.7 Å². The largest absolute Gasteiger partial charge is 0.472 e. The molecule has 286 valence electrons. The van der Waals surface area contributed by atoms with Gasteiger partial charge in [0.1, 0.15) is 12.7 Å². The monoisotopic (exact) mass is 718 g/mol. The number of phosphoric ester groups is 1. The minimum absolute atomic E-state index is 0.114. The SMILES string of the molecule is CC/C=C/C/C=C/C=C/C(O)CCCCCCCC(=O)O[C@H](COC(=O)CCCCCCCCC(C)CC)COP(=O)(O)OC[C@@H](O)CO. The van der Waals surface area contributed by atoms with E-state index < -0.39 is 57.9 Å². The van der Waals surface area contributed by atoms with Crippen molar-refractivity contribution in [2.75, 3.05) is 26.4 Å². The standard InChI is InChI=1S/C37H67O11P/c1-4-6-7-8-9-14-19-24-33(39)25-20-15-12-17-22-27-37(42)48-35(31-47-49(43,44)46-29-34(40)28-38)30-45-36(41)26-21-16-11-10-13-18-23-32(3)5-2/h6-7,9,14,19,24,32-35,38-40H,4-5,8,10-13,15-18,20-23,25-31H2,1-3H3,(H,43,44)/b7-6+,14-9+,24-19+/t32?,33?,34-,35+/m0/s1. The molecule has 3 unspecified atom stereocenters. The van der Waals surface area contributed by atoms with Crippen LogP contribution in [0.5, 0.6) is 0 Å². The van der Waals surface area contributed by atoms with Gasteiger partial charge in [-0.1, -0.05) is 128 Å². The van der Waals surface area contributed by atoms with E-state index in [9.17, 15) is 29.3 Å². The first-order valence-electron chi connectivity index (χ1n) is 18.4. The highest BCUT2D eigenvalue weighted by molar-refractivity contribution is 7.47. The summed E-state index contributed by atoms with van der Waals surface area (Å²) in [6, 6.07) is 0. The molecule has 0 bridgehead atoms. The van der Waals surface area contributed by atoms with Crippen molar-refractivity contribution in [3.63, 3.8) is 0 Å². The van der Waals surface area contributed by atoms with Crippen LogP contribution in [-0.2, 0) is 32.7 Å². The molecule has 11 nitrogen and oxygen atoms in total. The molecule has 0 aromatic rings. The molecular weight excluding hydrogens is 651 g/mol. The molecule has 12 heteroatoms. The number of esters is 2. The van der Waals surface area contributed by atoms with Gasteiger partial charge in [0, 0.05) is 12.8 Å². The minimum Gasteiger partial charge on any atom is -0.462 e. The summed E-state index contributed by atoms with van der Waals surface area (Å²) in [4.78, 5) is 34.8. The van der Waals surface area contributed by atoms with Gasteiger partial charge in [0.2, 0.25) is 0 Å². The maximum atomic E-state index is 12.5. The Labute approximate surface area is 295 Å². The van der Waals surface area contributed by atoms with Crippen LogP contribution < -0.4 is 0 Å². The predicted molar refractivity (Wildman–Crippen MR) is 193 cm³/mol. The van der Waals surface area contributed by atoms with Crippen molar-refractivity contribution in [2.45, 2.75) is 155 Å². The second-order valence-electron chi connectivity index (χ2n) is 12.7. The third-order valence-corrected chi connectivity index (χ3v) is 8.90. The van der Waals surface area contributed by atoms with Gasteiger partial charge in [0.25, 0.3) is 0 Å². The van der Waals surface area contributed by atoms with Gasteiger partial charge < -0.3 is 29.7 Å². The summed E-state index contributed by atoms with van der Waals surface area (Å²) >= 11 is 0. The van der Waals surface area contributed by atoms with Crippen LogP contribution >= 0.6 is 7.82 Å². The summed E-state index contributed by atoms with van der Waals surface area (Å²) in [6.07, 6.45) is 24.4. The second kappa shape index (κ2) is 32.1. The summed E-state index contributed by atoms with van der Waals surface area (Å²) < 4.78 is 32.5. The number of unbranched alkanes of at least 4 members (excludes halogenated alkanes) is 9. The molecule has 0 amide bonds. The van der Waals surface area contributed by atoms with Gasteiger partial charge in [-0.2, -0.15) is 0 Å². The van der Waals surface area contributed by atoms with E-state index >= 15 is 0 Å². The number of phosphoric acid groups is 1. The molecule has 49 heavy (non-hydrogen) atoms. The molecule has 0 aromatic heterocycles. The fraction of sp³-hybridized carbons (Fsp3) is 0.784. The Morgan fingerprint density at radius 2 is 1.33 bits per heavy atom. The smallest absolute Gasteiger partial charge is 0.462 e. The lowest BCUT2D eigenvalue weighted by atomic mass is 10.00. The van der Waals surface area contributed by atoms with E-state index in [1.54, 1.807) is 6.08 Å². The number of allylic oxidation sites excluding steroid dienone is 5. The zero-order chi connectivity index (χ0) is 36.6. The molecule has 0 radical (unpaired) electrons. The Balaban J connectivity index is 4.51. The van der Waals surface area contributed by atoms with Crippen molar-refractivity contribution in [1.82, 2.24) is 0 Å². The number of hydrogen-bond acceptors (Lipinski definition) is 10. The molecule has 0 aliphatic heterocycles. The van der Waals surface area contributed by atoms with Gasteiger partial charge in [-0.25, -0.2) is 4.57 Å². The Morgan fingerprint density at radius 1 is 0.735 bits per heavy atom. The van der Waals surface area contributed by atoms with Crippen LogP contribution in [0.15, 0.2) is 36.5 Å². The average Bonchev–Trinajstić information content (AvgIpc) is 3.08. The van der Waals surface area contributed by atoms with Crippen molar-refractivity contribution >= 4 is 19.8 Å². The summed E-state index contributed by atoms with van der Waals surface area (Å²) in [6.45, 7) is 4.37. The summed E-state index contributed by atoms with van der Waals surface area (Å²) in [7, 11) is -4.63. The van der Waals surface area contributed by atoms with Gasteiger partial charge in [0.15, 0.2) is 6.10 Å². The van der Waals surface area contributed by atoms with Gasteiger partial charge >= 0.3 is 19.8 Å². The van der Waals surface area contributed by atoms with E-state index in [1.807, 2.05) is 18.2 Å². The van der Waals surface area contributed by atoms with E-state index in [2.05, 4.69) is 37.4 Å². The fourth-order valence-electron chi connectivity index (χ4n) is 4.68. The van der Waals surface area contributed by atoms with Crippen LogP contribution in [0, 0.1) is 5.92 Å². The van der Waals surface area contributed by atoms with Gasteiger partial charge in [-0.05, 0) is 38.0 Å². The van der Waals surface area contributed by atoms with E-state index in [4.69, 9.17) is 19.1 Å². The highest BCUT2D eigenvalue weighted by atomic mass is 31.2. The molecule has 0 heterocycles. The number of hydrogen-bond donors (Lipinski definition) is 4. The van der Waals surface area contributed by atoms with E-state index in [-0.39, 0.29) is 19.4 Å². The first-order valence-corrected chi connectivity index (χ1v) is 19.9. The molecule has 0 rings (SSSR count). The highest BCUT2D eigenvalue weighted by Gasteiger charge is 2.27. The fourth-order valence-corrected chi connectivity index (χ4v) is 5.47. The zero-order valence-corrected chi connectivity index (χ0v) is 31.3. The maximum Gasteiger partial charge on any atom is 0.472 e. The Kier molecular flexibility index (Phi) is 30.9. The summed E-state index contributed by atoms with van der Waals surface area (Å²) in [5, 5.41) is 28.3. The molecule has 5 atom stereocenters. The van der Waals surface area contributed by atoms with Crippen molar-refractivity contribution in [3.05, 3.63) is 36.5 Å². The van der Waals surface area contributed by atoms with Crippen LogP contribution in [0.2, 0.25) is 0 Å². The molecule has 0 aliphatic rings. The molecule has 0 aliphatic carbocycles. The van der Waals surface area contributed by atoms with Crippen LogP contribution in [0.25, 0.3) is 0 Å². The van der Waals surface area contributed by atoms with Crippen LogP contribution in [0.1, 0.15) is 136 Å². The van der Waals surface area contributed by atoms with Gasteiger partial charge in [-0.3, -0.25) is 18.6 Å². The topological polar surface area (TPSA) is 169 Å². The summed E-state index contributed by atoms with van der Waals surface area (Å²) in [5.74, 6) is -0.245. The van der Waals surface area contributed by atoms with Crippen LogP contribution in [0.3, 0.4) is 0 Å². The van der Waals surface area contributed by atoms with Gasteiger partial charge in [-0.15, -0.1) is 0 Å². The number of carbonyl (C=O) groups is 2. The average molecular weight is 719 g/mol.